The van der Waals surface area contributed by atoms with Crippen LogP contribution in [0, 0.1) is 0 Å². The van der Waals surface area contributed by atoms with Gasteiger partial charge in [0.05, 0.1) is 0 Å². The summed E-state index contributed by atoms with van der Waals surface area (Å²) < 4.78 is 0. The molecule has 0 aliphatic carbocycles. The lowest BCUT2D eigenvalue weighted by atomic mass is 9.90. The Morgan fingerprint density at radius 1 is 1.16 bits per heavy atom. The molecule has 2 aliphatic heterocycles. The standard InChI is InChI=1S/C16H23ClN2/c17-16-11-14(13-5-7-18-8-6-13)3-4-15(16)12-19-9-1-2-10-19/h3-4,11,13,18H,1-2,5-10,12H2. The van der Waals surface area contributed by atoms with Gasteiger partial charge in [0.25, 0.3) is 0 Å². The molecule has 19 heavy (non-hydrogen) atoms. The summed E-state index contributed by atoms with van der Waals surface area (Å²) in [7, 11) is 0. The minimum Gasteiger partial charge on any atom is -0.317 e. The maximum absolute atomic E-state index is 6.48. The van der Waals surface area contributed by atoms with Gasteiger partial charge in [0.2, 0.25) is 0 Å². The number of nitrogens with zero attached hydrogens (tertiary/aromatic N) is 1. The van der Waals surface area contributed by atoms with Crippen LogP contribution in [0.3, 0.4) is 0 Å². The Balaban J connectivity index is 1.69. The molecule has 0 bridgehead atoms. The summed E-state index contributed by atoms with van der Waals surface area (Å²) >= 11 is 6.48. The number of nitrogens with one attached hydrogen (secondary N) is 1. The summed E-state index contributed by atoms with van der Waals surface area (Å²) in [5, 5.41) is 4.38. The number of benzene rings is 1. The van der Waals surface area contributed by atoms with Crippen LogP contribution in [0.2, 0.25) is 5.02 Å². The number of halogens is 1. The van der Waals surface area contributed by atoms with Gasteiger partial charge in [-0.1, -0.05) is 23.7 Å². The third-order valence-corrected chi connectivity index (χ3v) is 4.83. The molecule has 3 heteroatoms. The predicted octanol–water partition coefficient (Wildman–Crippen LogP) is 3.40. The van der Waals surface area contributed by atoms with Crippen LogP contribution in [0.5, 0.6) is 0 Å². The van der Waals surface area contributed by atoms with Crippen molar-refractivity contribution in [1.29, 1.82) is 0 Å². The first kappa shape index (κ1) is 13.4. The first-order valence-corrected chi connectivity index (χ1v) is 7.92. The van der Waals surface area contributed by atoms with E-state index in [1.807, 2.05) is 0 Å². The zero-order valence-corrected chi connectivity index (χ0v) is 12.3. The SMILES string of the molecule is Clc1cc(C2CCNCC2)ccc1CN1CCCC1. The van der Waals surface area contributed by atoms with Gasteiger partial charge in [-0.05, 0) is 75.0 Å². The molecule has 104 valence electrons. The Labute approximate surface area is 121 Å². The molecule has 0 radical (unpaired) electrons. The lowest BCUT2D eigenvalue weighted by Gasteiger charge is -2.24. The van der Waals surface area contributed by atoms with Gasteiger partial charge in [0.15, 0.2) is 0 Å². The first-order chi connectivity index (χ1) is 9.33. The average molecular weight is 279 g/mol. The van der Waals surface area contributed by atoms with E-state index in [0.29, 0.717) is 5.92 Å². The third kappa shape index (κ3) is 3.31. The predicted molar refractivity (Wildman–Crippen MR) is 80.8 cm³/mol. The van der Waals surface area contributed by atoms with E-state index in [-0.39, 0.29) is 0 Å². The van der Waals surface area contributed by atoms with E-state index >= 15 is 0 Å². The largest absolute Gasteiger partial charge is 0.317 e. The molecule has 2 aliphatic rings. The van der Waals surface area contributed by atoms with Gasteiger partial charge < -0.3 is 5.32 Å². The van der Waals surface area contributed by atoms with Crippen molar-refractivity contribution in [2.45, 2.75) is 38.1 Å². The molecule has 1 N–H and O–H groups in total. The zero-order valence-electron chi connectivity index (χ0n) is 11.5. The van der Waals surface area contributed by atoms with Gasteiger partial charge in [-0.25, -0.2) is 0 Å². The van der Waals surface area contributed by atoms with Crippen molar-refractivity contribution < 1.29 is 0 Å². The normalized spacial score (nSPS) is 21.9. The third-order valence-electron chi connectivity index (χ3n) is 4.48. The molecular weight excluding hydrogens is 256 g/mol. The number of rotatable bonds is 3. The van der Waals surface area contributed by atoms with Crippen molar-refractivity contribution in [2.75, 3.05) is 26.2 Å². The second kappa shape index (κ2) is 6.25. The Morgan fingerprint density at radius 2 is 1.89 bits per heavy atom. The molecule has 3 rings (SSSR count). The van der Waals surface area contributed by atoms with Crippen molar-refractivity contribution in [2.24, 2.45) is 0 Å². The van der Waals surface area contributed by atoms with Crippen LogP contribution in [0.25, 0.3) is 0 Å². The number of likely N-dealkylation sites (tertiary alicyclic amines) is 1. The fourth-order valence-corrected chi connectivity index (χ4v) is 3.53. The Hall–Kier alpha value is -0.570. The van der Waals surface area contributed by atoms with Gasteiger partial charge in [-0.3, -0.25) is 4.90 Å². The summed E-state index contributed by atoms with van der Waals surface area (Å²) in [6.07, 6.45) is 5.15. The van der Waals surface area contributed by atoms with Crippen LogP contribution in [0.1, 0.15) is 42.7 Å². The molecule has 0 atom stereocenters. The van der Waals surface area contributed by atoms with Crippen molar-refractivity contribution >= 4 is 11.6 Å². The number of hydrogen-bond donors (Lipinski definition) is 1. The van der Waals surface area contributed by atoms with Crippen LogP contribution in [0.4, 0.5) is 0 Å². The van der Waals surface area contributed by atoms with Gasteiger partial charge in [-0.2, -0.15) is 0 Å². The Kier molecular flexibility index (Phi) is 4.42. The molecule has 2 nitrogen and oxygen atoms in total. The average Bonchev–Trinajstić information content (AvgIpc) is 2.95. The van der Waals surface area contributed by atoms with Gasteiger partial charge >= 0.3 is 0 Å². The number of hydrogen-bond acceptors (Lipinski definition) is 2. The van der Waals surface area contributed by atoms with Crippen LogP contribution in [-0.2, 0) is 6.54 Å². The van der Waals surface area contributed by atoms with Gasteiger partial charge in [-0.15, -0.1) is 0 Å². The molecule has 0 unspecified atom stereocenters. The topological polar surface area (TPSA) is 15.3 Å². The molecule has 0 aromatic heterocycles. The lowest BCUT2D eigenvalue weighted by molar-refractivity contribution is 0.331. The maximum atomic E-state index is 6.48. The summed E-state index contributed by atoms with van der Waals surface area (Å²) in [4.78, 5) is 2.51. The first-order valence-electron chi connectivity index (χ1n) is 7.54. The zero-order chi connectivity index (χ0) is 13.1. The summed E-state index contributed by atoms with van der Waals surface area (Å²) in [6, 6.07) is 6.76. The molecule has 2 saturated heterocycles. The molecule has 2 fully saturated rings. The molecule has 1 aromatic carbocycles. The highest BCUT2D eigenvalue weighted by Crippen LogP contribution is 2.29. The van der Waals surface area contributed by atoms with Crippen molar-refractivity contribution in [3.05, 3.63) is 34.3 Å². The molecular formula is C16H23ClN2. The maximum Gasteiger partial charge on any atom is 0.0453 e. The highest BCUT2D eigenvalue weighted by atomic mass is 35.5. The molecule has 2 heterocycles. The molecule has 1 aromatic rings. The summed E-state index contributed by atoms with van der Waals surface area (Å²) in [6.45, 7) is 5.75. The van der Waals surface area contributed by atoms with Crippen molar-refractivity contribution in [3.63, 3.8) is 0 Å². The second-order valence-corrected chi connectivity index (χ2v) is 6.27. The Bertz CT molecular complexity index is 421. The van der Waals surface area contributed by atoms with Gasteiger partial charge in [0, 0.05) is 11.6 Å². The van der Waals surface area contributed by atoms with E-state index in [4.69, 9.17) is 11.6 Å². The molecule has 0 saturated carbocycles. The van der Waals surface area contributed by atoms with Crippen LogP contribution in [-0.4, -0.2) is 31.1 Å². The Morgan fingerprint density at radius 3 is 2.58 bits per heavy atom. The highest BCUT2D eigenvalue weighted by Gasteiger charge is 2.17. The molecule has 0 spiro atoms. The fraction of sp³-hybridized carbons (Fsp3) is 0.625. The lowest BCUT2D eigenvalue weighted by Crippen LogP contribution is -2.26. The minimum atomic E-state index is 0.694. The quantitative estimate of drug-likeness (QED) is 0.912. The van der Waals surface area contributed by atoms with Gasteiger partial charge in [0.1, 0.15) is 0 Å². The number of piperidine rings is 1. The van der Waals surface area contributed by atoms with E-state index in [9.17, 15) is 0 Å². The van der Waals surface area contributed by atoms with E-state index < -0.39 is 0 Å². The van der Waals surface area contributed by atoms with Crippen LogP contribution in [0.15, 0.2) is 18.2 Å². The monoisotopic (exact) mass is 278 g/mol. The van der Waals surface area contributed by atoms with E-state index in [0.717, 1.165) is 24.7 Å². The minimum absolute atomic E-state index is 0.694. The van der Waals surface area contributed by atoms with Crippen LogP contribution >= 0.6 is 11.6 Å². The van der Waals surface area contributed by atoms with E-state index in [1.165, 1.54) is 49.9 Å². The molecule has 0 amide bonds. The smallest absolute Gasteiger partial charge is 0.0453 e. The highest BCUT2D eigenvalue weighted by molar-refractivity contribution is 6.31. The second-order valence-electron chi connectivity index (χ2n) is 5.86. The summed E-state index contributed by atoms with van der Waals surface area (Å²) in [5.74, 6) is 0.694. The fourth-order valence-electron chi connectivity index (χ4n) is 3.28. The van der Waals surface area contributed by atoms with Crippen molar-refractivity contribution in [1.82, 2.24) is 10.2 Å². The van der Waals surface area contributed by atoms with E-state index in [1.54, 1.807) is 0 Å². The van der Waals surface area contributed by atoms with Crippen LogP contribution < -0.4 is 5.32 Å². The van der Waals surface area contributed by atoms with Crippen molar-refractivity contribution in [3.8, 4) is 0 Å². The van der Waals surface area contributed by atoms with E-state index in [2.05, 4.69) is 28.4 Å². The summed E-state index contributed by atoms with van der Waals surface area (Å²) in [5.41, 5.74) is 2.72.